The molecule has 0 amide bonds. The maximum Gasteiger partial charge on any atom is 0.301 e. The van der Waals surface area contributed by atoms with Crippen molar-refractivity contribution in [3.8, 4) is 5.75 Å². The van der Waals surface area contributed by atoms with Crippen molar-refractivity contribution < 1.29 is 13.5 Å². The second kappa shape index (κ2) is 5.16. The van der Waals surface area contributed by atoms with Crippen molar-refractivity contribution in [1.82, 2.24) is 4.31 Å². The molecule has 1 heterocycles. The van der Waals surface area contributed by atoms with Gasteiger partial charge in [0.1, 0.15) is 5.75 Å². The van der Waals surface area contributed by atoms with Crippen LogP contribution in [0.2, 0.25) is 0 Å². The van der Waals surface area contributed by atoms with Gasteiger partial charge in [0.2, 0.25) is 0 Å². The molecule has 1 aliphatic heterocycles. The van der Waals surface area contributed by atoms with Crippen LogP contribution in [-0.4, -0.2) is 30.9 Å². The molecule has 0 bridgehead atoms. The number of anilines is 1. The van der Waals surface area contributed by atoms with E-state index in [9.17, 15) is 13.5 Å². The molecular weight excluding hydrogens is 252 g/mol. The van der Waals surface area contributed by atoms with Crippen LogP contribution in [0.5, 0.6) is 5.75 Å². The van der Waals surface area contributed by atoms with Crippen molar-refractivity contribution in [2.24, 2.45) is 0 Å². The van der Waals surface area contributed by atoms with Crippen molar-refractivity contribution in [2.45, 2.75) is 26.2 Å². The summed E-state index contributed by atoms with van der Waals surface area (Å²) >= 11 is 0. The highest BCUT2D eigenvalue weighted by Crippen LogP contribution is 2.22. The third-order valence-electron chi connectivity index (χ3n) is 3.10. The van der Waals surface area contributed by atoms with Crippen molar-refractivity contribution in [3.05, 3.63) is 23.8 Å². The van der Waals surface area contributed by atoms with Gasteiger partial charge in [-0.3, -0.25) is 4.72 Å². The molecule has 5 nitrogen and oxygen atoms in total. The van der Waals surface area contributed by atoms with Crippen LogP contribution < -0.4 is 4.72 Å². The molecule has 2 rings (SSSR count). The molecular formula is C12H18N2O3S. The van der Waals surface area contributed by atoms with E-state index in [2.05, 4.69) is 4.72 Å². The summed E-state index contributed by atoms with van der Waals surface area (Å²) in [5.41, 5.74) is 1.13. The molecule has 1 saturated heterocycles. The van der Waals surface area contributed by atoms with Gasteiger partial charge in [0, 0.05) is 13.1 Å². The second-order valence-electron chi connectivity index (χ2n) is 4.57. The largest absolute Gasteiger partial charge is 0.508 e. The van der Waals surface area contributed by atoms with Gasteiger partial charge in [0.15, 0.2) is 0 Å². The molecule has 0 unspecified atom stereocenters. The minimum Gasteiger partial charge on any atom is -0.508 e. The molecule has 0 atom stereocenters. The molecule has 0 aliphatic carbocycles. The number of aryl methyl sites for hydroxylation is 1. The highest BCUT2D eigenvalue weighted by molar-refractivity contribution is 7.90. The second-order valence-corrected chi connectivity index (χ2v) is 6.24. The molecule has 1 aliphatic rings. The average molecular weight is 270 g/mol. The first-order valence-corrected chi connectivity index (χ1v) is 7.50. The topological polar surface area (TPSA) is 69.6 Å². The Kier molecular flexibility index (Phi) is 3.77. The van der Waals surface area contributed by atoms with Gasteiger partial charge >= 0.3 is 10.2 Å². The zero-order chi connectivity index (χ0) is 13.2. The van der Waals surface area contributed by atoms with Crippen LogP contribution >= 0.6 is 0 Å². The number of phenols is 1. The molecule has 1 aromatic carbocycles. The van der Waals surface area contributed by atoms with E-state index in [1.807, 2.05) is 0 Å². The van der Waals surface area contributed by atoms with E-state index in [-0.39, 0.29) is 5.75 Å². The summed E-state index contributed by atoms with van der Waals surface area (Å²) < 4.78 is 28.2. The van der Waals surface area contributed by atoms with Crippen LogP contribution in [-0.2, 0) is 10.2 Å². The van der Waals surface area contributed by atoms with E-state index in [1.165, 1.54) is 10.4 Å². The number of nitrogens with zero attached hydrogens (tertiary/aromatic N) is 1. The Balaban J connectivity index is 2.13. The molecule has 0 saturated carbocycles. The number of phenolic OH excluding ortho intramolecular Hbond substituents is 1. The predicted octanol–water partition coefficient (Wildman–Crippen LogP) is 1.84. The Bertz CT molecular complexity index is 522. The van der Waals surface area contributed by atoms with Gasteiger partial charge in [-0.15, -0.1) is 0 Å². The van der Waals surface area contributed by atoms with Gasteiger partial charge in [-0.2, -0.15) is 12.7 Å². The Morgan fingerprint density at radius 2 is 1.89 bits per heavy atom. The number of piperidine rings is 1. The van der Waals surface area contributed by atoms with Crippen LogP contribution in [0, 0.1) is 6.92 Å². The molecule has 2 N–H and O–H groups in total. The molecule has 0 spiro atoms. The summed E-state index contributed by atoms with van der Waals surface area (Å²) in [6.07, 6.45) is 2.91. The van der Waals surface area contributed by atoms with E-state index in [1.54, 1.807) is 19.1 Å². The first kappa shape index (κ1) is 13.2. The number of nitrogens with one attached hydrogen (secondary N) is 1. The number of hydrogen-bond acceptors (Lipinski definition) is 3. The van der Waals surface area contributed by atoms with Crippen molar-refractivity contribution in [1.29, 1.82) is 0 Å². The summed E-state index contributed by atoms with van der Waals surface area (Å²) in [6, 6.07) is 4.67. The van der Waals surface area contributed by atoms with Crippen LogP contribution in [0.25, 0.3) is 0 Å². The summed E-state index contributed by atoms with van der Waals surface area (Å²) in [7, 11) is -3.46. The number of rotatable bonds is 3. The number of hydrogen-bond donors (Lipinski definition) is 2. The third kappa shape index (κ3) is 2.94. The highest BCUT2D eigenvalue weighted by Gasteiger charge is 2.23. The van der Waals surface area contributed by atoms with Gasteiger partial charge < -0.3 is 5.11 Å². The summed E-state index contributed by atoms with van der Waals surface area (Å²) in [6.45, 7) is 2.88. The Labute approximate surface area is 108 Å². The maximum atomic E-state index is 12.1. The first-order chi connectivity index (χ1) is 8.49. The number of aromatic hydroxyl groups is 1. The number of benzene rings is 1. The summed E-state index contributed by atoms with van der Waals surface area (Å²) in [4.78, 5) is 0. The van der Waals surface area contributed by atoms with Gasteiger partial charge in [-0.05, 0) is 43.5 Å². The highest BCUT2D eigenvalue weighted by atomic mass is 32.2. The van der Waals surface area contributed by atoms with Crippen LogP contribution in [0.15, 0.2) is 18.2 Å². The summed E-state index contributed by atoms with van der Waals surface area (Å²) in [5, 5.41) is 9.40. The minimum absolute atomic E-state index is 0.163. The fourth-order valence-corrected chi connectivity index (χ4v) is 3.33. The van der Waals surface area contributed by atoms with Gasteiger partial charge in [-0.25, -0.2) is 0 Å². The van der Waals surface area contributed by atoms with E-state index < -0.39 is 10.2 Å². The lowest BCUT2D eigenvalue weighted by molar-refractivity contribution is 0.349. The fourth-order valence-electron chi connectivity index (χ4n) is 2.04. The Morgan fingerprint density at radius 3 is 2.50 bits per heavy atom. The maximum absolute atomic E-state index is 12.1. The lowest BCUT2D eigenvalue weighted by Gasteiger charge is -2.26. The van der Waals surface area contributed by atoms with Gasteiger partial charge in [0.05, 0.1) is 5.69 Å². The fraction of sp³-hybridized carbons (Fsp3) is 0.500. The molecule has 100 valence electrons. The zero-order valence-electron chi connectivity index (χ0n) is 10.4. The van der Waals surface area contributed by atoms with Crippen LogP contribution in [0.1, 0.15) is 24.8 Å². The smallest absolute Gasteiger partial charge is 0.301 e. The van der Waals surface area contributed by atoms with Gasteiger partial charge in [-0.1, -0.05) is 6.42 Å². The predicted molar refractivity (Wildman–Crippen MR) is 70.8 cm³/mol. The Morgan fingerprint density at radius 1 is 1.22 bits per heavy atom. The minimum atomic E-state index is -3.46. The molecule has 18 heavy (non-hydrogen) atoms. The van der Waals surface area contributed by atoms with Crippen molar-refractivity contribution in [3.63, 3.8) is 0 Å². The molecule has 0 aromatic heterocycles. The average Bonchev–Trinajstić information content (AvgIpc) is 2.35. The van der Waals surface area contributed by atoms with Gasteiger partial charge in [0.25, 0.3) is 0 Å². The third-order valence-corrected chi connectivity index (χ3v) is 4.64. The van der Waals surface area contributed by atoms with Crippen molar-refractivity contribution >= 4 is 15.9 Å². The molecule has 0 radical (unpaired) electrons. The lowest BCUT2D eigenvalue weighted by atomic mass is 10.2. The quantitative estimate of drug-likeness (QED) is 0.823. The summed E-state index contributed by atoms with van der Waals surface area (Å²) in [5.74, 6) is 0.163. The van der Waals surface area contributed by atoms with Crippen LogP contribution in [0.4, 0.5) is 5.69 Å². The monoisotopic (exact) mass is 270 g/mol. The molecule has 1 fully saturated rings. The first-order valence-electron chi connectivity index (χ1n) is 6.06. The molecule has 1 aromatic rings. The van der Waals surface area contributed by atoms with E-state index in [4.69, 9.17) is 0 Å². The van der Waals surface area contributed by atoms with E-state index in [0.29, 0.717) is 24.3 Å². The van der Waals surface area contributed by atoms with Crippen LogP contribution in [0.3, 0.4) is 0 Å². The van der Waals surface area contributed by atoms with E-state index in [0.717, 1.165) is 19.3 Å². The van der Waals surface area contributed by atoms with Crippen molar-refractivity contribution in [2.75, 3.05) is 17.8 Å². The zero-order valence-corrected chi connectivity index (χ0v) is 11.2. The lowest BCUT2D eigenvalue weighted by Crippen LogP contribution is -2.39. The Hall–Kier alpha value is -1.27. The SMILES string of the molecule is Cc1cc(NS(=O)(=O)N2CCCCC2)ccc1O. The standard InChI is InChI=1S/C12H18N2O3S/c1-10-9-11(5-6-12(10)15)13-18(16,17)14-7-3-2-4-8-14/h5-6,9,13,15H,2-4,7-8H2,1H3. The normalized spacial score (nSPS) is 17.6. The molecule has 6 heteroatoms. The van der Waals surface area contributed by atoms with E-state index >= 15 is 0 Å².